The van der Waals surface area contributed by atoms with Crippen LogP contribution >= 0.6 is 23.5 Å². The Morgan fingerprint density at radius 3 is 2.47 bits per heavy atom. The Kier molecular flexibility index (Phi) is 7.12. The molecule has 1 fully saturated rings. The number of rotatable bonds is 6. The van der Waals surface area contributed by atoms with Gasteiger partial charge < -0.3 is 9.64 Å². The number of carbonyl (C=O) groups excluding carboxylic acids is 1. The van der Waals surface area contributed by atoms with Gasteiger partial charge in [0.2, 0.25) is 0 Å². The lowest BCUT2D eigenvalue weighted by Gasteiger charge is -2.19. The van der Waals surface area contributed by atoms with Crippen LogP contribution in [-0.4, -0.2) is 36.2 Å². The molecule has 2 aliphatic rings. The minimum atomic E-state index is 0.0140. The fourth-order valence-corrected chi connectivity index (χ4v) is 6.80. The molecule has 0 N–H and O–H groups in total. The van der Waals surface area contributed by atoms with E-state index in [2.05, 4.69) is 56.0 Å². The molecule has 184 valence electrons. The van der Waals surface area contributed by atoms with Crippen LogP contribution in [0, 0.1) is 13.8 Å². The van der Waals surface area contributed by atoms with E-state index < -0.39 is 0 Å². The molecule has 0 unspecified atom stereocenters. The average Bonchev–Trinajstić information content (AvgIpc) is 3.40. The molecule has 1 saturated heterocycles. The molecule has 0 aromatic heterocycles. The Morgan fingerprint density at radius 1 is 0.944 bits per heavy atom. The van der Waals surface area contributed by atoms with Crippen molar-refractivity contribution in [2.24, 2.45) is 4.99 Å². The van der Waals surface area contributed by atoms with Gasteiger partial charge in [0, 0.05) is 24.1 Å². The van der Waals surface area contributed by atoms with E-state index in [1.807, 2.05) is 41.3 Å². The number of aryl methyl sites for hydroxylation is 2. The average molecular weight is 516 g/mol. The van der Waals surface area contributed by atoms with Crippen LogP contribution in [-0.2, 0) is 11.2 Å². The van der Waals surface area contributed by atoms with Crippen molar-refractivity contribution in [3.63, 3.8) is 0 Å². The van der Waals surface area contributed by atoms with Crippen LogP contribution in [0.1, 0.15) is 23.6 Å². The van der Waals surface area contributed by atoms with Crippen LogP contribution in [0.15, 0.2) is 86.6 Å². The van der Waals surface area contributed by atoms with Crippen LogP contribution in [0.25, 0.3) is 0 Å². The summed E-state index contributed by atoms with van der Waals surface area (Å²) in [5, 5.41) is 1.70. The summed E-state index contributed by atoms with van der Waals surface area (Å²) in [7, 11) is 1.68. The van der Waals surface area contributed by atoms with E-state index in [1.54, 1.807) is 18.9 Å². The number of methoxy groups -OCH3 is 1. The van der Waals surface area contributed by atoms with Crippen LogP contribution in [0.4, 0.5) is 11.4 Å². The zero-order valence-electron chi connectivity index (χ0n) is 20.9. The number of amidine groups is 1. The smallest absolute Gasteiger partial charge is 0.269 e. The maximum absolute atomic E-state index is 13.9. The van der Waals surface area contributed by atoms with Crippen molar-refractivity contribution in [3.8, 4) is 5.75 Å². The minimum Gasteiger partial charge on any atom is -0.497 e. The van der Waals surface area contributed by atoms with Gasteiger partial charge >= 0.3 is 0 Å². The number of fused-ring (bicyclic) bond motifs is 1. The number of anilines is 1. The molecule has 5 nitrogen and oxygen atoms in total. The van der Waals surface area contributed by atoms with Gasteiger partial charge in [0.05, 0.1) is 18.5 Å². The molecule has 2 aliphatic heterocycles. The molecule has 0 spiro atoms. The maximum atomic E-state index is 13.9. The van der Waals surface area contributed by atoms with E-state index in [0.717, 1.165) is 55.7 Å². The maximum Gasteiger partial charge on any atom is 0.269 e. The van der Waals surface area contributed by atoms with Gasteiger partial charge in [-0.1, -0.05) is 59.8 Å². The molecule has 0 saturated carbocycles. The summed E-state index contributed by atoms with van der Waals surface area (Å²) in [5.74, 6) is 0.825. The highest BCUT2D eigenvalue weighted by atomic mass is 32.2. The molecule has 0 bridgehead atoms. The van der Waals surface area contributed by atoms with Gasteiger partial charge in [-0.05, 0) is 68.3 Å². The second kappa shape index (κ2) is 10.4. The van der Waals surface area contributed by atoms with Crippen LogP contribution in [0.5, 0.6) is 5.75 Å². The zero-order valence-corrected chi connectivity index (χ0v) is 22.6. The van der Waals surface area contributed by atoms with Gasteiger partial charge in [0.1, 0.15) is 15.7 Å². The summed E-state index contributed by atoms with van der Waals surface area (Å²) in [5.41, 5.74) is 5.47. The van der Waals surface area contributed by atoms with E-state index in [0.29, 0.717) is 6.54 Å². The van der Waals surface area contributed by atoms with Gasteiger partial charge in [-0.3, -0.25) is 9.69 Å². The second-order valence-electron chi connectivity index (χ2n) is 8.79. The first-order valence-electron chi connectivity index (χ1n) is 12.1. The van der Waals surface area contributed by atoms with Crippen LogP contribution in [0.3, 0.4) is 0 Å². The number of aliphatic imine (C=N–C) groups is 1. The van der Waals surface area contributed by atoms with Crippen molar-refractivity contribution < 1.29 is 9.53 Å². The Bertz CT molecular complexity index is 1370. The lowest BCUT2D eigenvalue weighted by molar-refractivity contribution is -0.122. The third-order valence-corrected chi connectivity index (χ3v) is 8.70. The topological polar surface area (TPSA) is 45.1 Å². The summed E-state index contributed by atoms with van der Waals surface area (Å²) < 4.78 is 5.46. The summed E-state index contributed by atoms with van der Waals surface area (Å²) in [6, 6.07) is 22.6. The van der Waals surface area contributed by atoms with E-state index in [4.69, 9.17) is 9.73 Å². The SMILES string of the molecule is CCN1/C(=C2/SC(=Nc3ccc(C)cc3C)N(CCc3ccccc3)C2=O)Sc2ccc(OC)cc21. The molecule has 5 rings (SSSR count). The first-order valence-corrected chi connectivity index (χ1v) is 13.7. The standard InChI is InChI=1S/C29H29N3O2S2/c1-5-31-24-18-22(34-4)12-14-25(24)35-28(31)26-27(33)32(16-15-21-9-7-6-8-10-21)29(36-26)30-23-13-11-19(2)17-20(23)3/h6-14,17-18H,5,15-16H2,1-4H3/b28-26-,30-29?. The number of carbonyl (C=O) groups is 1. The fourth-order valence-electron chi connectivity index (χ4n) is 4.41. The van der Waals surface area contributed by atoms with E-state index in [9.17, 15) is 4.79 Å². The molecule has 7 heteroatoms. The normalized spacial score (nSPS) is 18.3. The number of amides is 1. The predicted molar refractivity (Wildman–Crippen MR) is 151 cm³/mol. The first kappa shape index (κ1) is 24.5. The lowest BCUT2D eigenvalue weighted by atomic mass is 10.1. The van der Waals surface area contributed by atoms with E-state index >= 15 is 0 Å². The largest absolute Gasteiger partial charge is 0.497 e. The predicted octanol–water partition coefficient (Wildman–Crippen LogP) is 6.92. The number of ether oxygens (including phenoxy) is 1. The molecule has 0 atom stereocenters. The Hall–Kier alpha value is -3.16. The molecule has 3 aromatic rings. The lowest BCUT2D eigenvalue weighted by Crippen LogP contribution is -2.32. The Labute approximate surface area is 221 Å². The van der Waals surface area contributed by atoms with Crippen LogP contribution < -0.4 is 9.64 Å². The molecule has 1 amide bonds. The number of nitrogens with zero attached hydrogens (tertiary/aromatic N) is 3. The second-order valence-corrected chi connectivity index (χ2v) is 10.8. The molecule has 0 aliphatic carbocycles. The number of hydrogen-bond acceptors (Lipinski definition) is 6. The van der Waals surface area contributed by atoms with Crippen molar-refractivity contribution in [3.05, 3.63) is 93.4 Å². The highest BCUT2D eigenvalue weighted by molar-refractivity contribution is 8.19. The summed E-state index contributed by atoms with van der Waals surface area (Å²) >= 11 is 3.12. The monoisotopic (exact) mass is 515 g/mol. The summed E-state index contributed by atoms with van der Waals surface area (Å²) in [6.45, 7) is 7.59. The minimum absolute atomic E-state index is 0.0140. The molecule has 36 heavy (non-hydrogen) atoms. The quantitative estimate of drug-likeness (QED) is 0.334. The van der Waals surface area contributed by atoms with E-state index in [1.165, 1.54) is 22.9 Å². The summed E-state index contributed by atoms with van der Waals surface area (Å²) in [4.78, 5) is 24.8. The third kappa shape index (κ3) is 4.77. The van der Waals surface area contributed by atoms with Crippen molar-refractivity contribution in [1.29, 1.82) is 0 Å². The number of benzene rings is 3. The number of thioether (sulfide) groups is 2. The van der Waals surface area contributed by atoms with Crippen molar-refractivity contribution in [2.75, 3.05) is 25.1 Å². The Morgan fingerprint density at radius 2 is 1.75 bits per heavy atom. The van der Waals surface area contributed by atoms with E-state index in [-0.39, 0.29) is 5.91 Å². The number of hydrogen-bond donors (Lipinski definition) is 0. The third-order valence-electron chi connectivity index (χ3n) is 6.32. The van der Waals surface area contributed by atoms with Crippen molar-refractivity contribution in [2.45, 2.75) is 32.1 Å². The molecule has 3 aromatic carbocycles. The highest BCUT2D eigenvalue weighted by Crippen LogP contribution is 2.51. The van der Waals surface area contributed by atoms with Gasteiger partial charge in [-0.2, -0.15) is 0 Å². The molecular weight excluding hydrogens is 486 g/mol. The van der Waals surface area contributed by atoms with Gasteiger partial charge in [-0.15, -0.1) is 0 Å². The van der Waals surface area contributed by atoms with Gasteiger partial charge in [-0.25, -0.2) is 4.99 Å². The molecular formula is C29H29N3O2S2. The van der Waals surface area contributed by atoms with Gasteiger partial charge in [0.15, 0.2) is 5.17 Å². The zero-order chi connectivity index (χ0) is 25.2. The van der Waals surface area contributed by atoms with Crippen molar-refractivity contribution >= 4 is 46.0 Å². The molecule has 2 heterocycles. The first-order chi connectivity index (χ1) is 17.5. The molecule has 0 radical (unpaired) electrons. The fraction of sp³-hybridized carbons (Fsp3) is 0.241. The van der Waals surface area contributed by atoms with Gasteiger partial charge in [0.25, 0.3) is 5.91 Å². The van der Waals surface area contributed by atoms with Crippen molar-refractivity contribution in [1.82, 2.24) is 4.90 Å². The van der Waals surface area contributed by atoms with Crippen LogP contribution in [0.2, 0.25) is 0 Å². The Balaban J connectivity index is 1.53. The summed E-state index contributed by atoms with van der Waals surface area (Å²) in [6.07, 6.45) is 0.768. The highest BCUT2D eigenvalue weighted by Gasteiger charge is 2.39.